The predicted molar refractivity (Wildman–Crippen MR) is 67.6 cm³/mol. The van der Waals surface area contributed by atoms with E-state index >= 15 is 0 Å². The van der Waals surface area contributed by atoms with Crippen molar-refractivity contribution in [3.8, 4) is 0 Å². The van der Waals surface area contributed by atoms with Crippen molar-refractivity contribution in [2.45, 2.75) is 45.1 Å². The second-order valence-electron chi connectivity index (χ2n) is 6.28. The Hall–Kier alpha value is -0.570. The van der Waals surface area contributed by atoms with E-state index < -0.39 is 0 Å². The highest BCUT2D eigenvalue weighted by atomic mass is 16.2. The minimum Gasteiger partial charge on any atom is -0.342 e. The molecule has 3 heteroatoms. The van der Waals surface area contributed by atoms with Crippen LogP contribution in [0, 0.1) is 17.8 Å². The SMILES string of the molecule is CC1CN(C(=O)C2CC2)CCC1NCC1CC1. The molecule has 2 unspecified atom stereocenters. The number of amides is 1. The molecule has 0 aromatic rings. The molecule has 0 spiro atoms. The monoisotopic (exact) mass is 236 g/mol. The molecule has 2 saturated carbocycles. The van der Waals surface area contributed by atoms with Crippen LogP contribution in [0.3, 0.4) is 0 Å². The van der Waals surface area contributed by atoms with Gasteiger partial charge < -0.3 is 10.2 Å². The average Bonchev–Trinajstić information content (AvgIpc) is 3.16. The Bertz CT molecular complexity index is 297. The van der Waals surface area contributed by atoms with Gasteiger partial charge in [-0.2, -0.15) is 0 Å². The summed E-state index contributed by atoms with van der Waals surface area (Å²) in [5, 5.41) is 3.70. The molecule has 0 bridgehead atoms. The first kappa shape index (κ1) is 11.5. The standard InChI is InChI=1S/C14H24N2O/c1-10-9-16(14(17)12-4-5-12)7-6-13(10)15-8-11-2-3-11/h10-13,15H,2-9H2,1H3. The summed E-state index contributed by atoms with van der Waals surface area (Å²) in [5.41, 5.74) is 0. The molecule has 0 aromatic heterocycles. The number of nitrogens with one attached hydrogen (secondary N) is 1. The van der Waals surface area contributed by atoms with Gasteiger partial charge in [0.15, 0.2) is 0 Å². The fraction of sp³-hybridized carbons (Fsp3) is 0.929. The second kappa shape index (κ2) is 4.60. The first-order valence-corrected chi connectivity index (χ1v) is 7.26. The topological polar surface area (TPSA) is 32.3 Å². The number of piperidine rings is 1. The third-order valence-corrected chi connectivity index (χ3v) is 4.51. The lowest BCUT2D eigenvalue weighted by molar-refractivity contribution is -0.134. The van der Waals surface area contributed by atoms with Gasteiger partial charge in [0.1, 0.15) is 0 Å². The highest BCUT2D eigenvalue weighted by Gasteiger charge is 2.37. The summed E-state index contributed by atoms with van der Waals surface area (Å²) in [7, 11) is 0. The first-order chi connectivity index (χ1) is 8.24. The summed E-state index contributed by atoms with van der Waals surface area (Å²) >= 11 is 0. The molecule has 2 atom stereocenters. The van der Waals surface area contributed by atoms with Crippen molar-refractivity contribution >= 4 is 5.91 Å². The third kappa shape index (κ3) is 2.82. The maximum absolute atomic E-state index is 12.0. The Morgan fingerprint density at radius 1 is 1.24 bits per heavy atom. The zero-order valence-electron chi connectivity index (χ0n) is 10.8. The maximum atomic E-state index is 12.0. The van der Waals surface area contributed by atoms with Gasteiger partial charge in [-0.1, -0.05) is 6.92 Å². The van der Waals surface area contributed by atoms with E-state index in [0.717, 1.165) is 38.3 Å². The van der Waals surface area contributed by atoms with E-state index in [-0.39, 0.29) is 0 Å². The van der Waals surface area contributed by atoms with Crippen LogP contribution in [-0.2, 0) is 4.79 Å². The van der Waals surface area contributed by atoms with E-state index in [9.17, 15) is 4.79 Å². The van der Waals surface area contributed by atoms with Crippen molar-refractivity contribution in [1.29, 1.82) is 0 Å². The Kier molecular flexibility index (Phi) is 3.12. The van der Waals surface area contributed by atoms with Crippen molar-refractivity contribution in [3.05, 3.63) is 0 Å². The van der Waals surface area contributed by atoms with Gasteiger partial charge in [0.2, 0.25) is 5.91 Å². The second-order valence-corrected chi connectivity index (χ2v) is 6.28. The molecule has 96 valence electrons. The highest BCUT2D eigenvalue weighted by Crippen LogP contribution is 2.33. The van der Waals surface area contributed by atoms with Gasteiger partial charge in [0, 0.05) is 25.0 Å². The lowest BCUT2D eigenvalue weighted by atomic mass is 9.93. The van der Waals surface area contributed by atoms with Crippen LogP contribution in [0.2, 0.25) is 0 Å². The van der Waals surface area contributed by atoms with Crippen molar-refractivity contribution in [2.24, 2.45) is 17.8 Å². The summed E-state index contributed by atoms with van der Waals surface area (Å²) in [4.78, 5) is 14.1. The number of hydrogen-bond donors (Lipinski definition) is 1. The normalized spacial score (nSPS) is 33.8. The molecule has 0 radical (unpaired) electrons. The summed E-state index contributed by atoms with van der Waals surface area (Å²) in [6.07, 6.45) is 6.24. The van der Waals surface area contributed by atoms with Gasteiger partial charge in [-0.25, -0.2) is 0 Å². The Labute approximate surface area is 104 Å². The number of carbonyl (C=O) groups is 1. The molecule has 2 aliphatic carbocycles. The van der Waals surface area contributed by atoms with Crippen molar-refractivity contribution in [3.63, 3.8) is 0 Å². The van der Waals surface area contributed by atoms with E-state index in [1.807, 2.05) is 0 Å². The summed E-state index contributed by atoms with van der Waals surface area (Å²) in [5.74, 6) is 2.38. The van der Waals surface area contributed by atoms with Crippen molar-refractivity contribution in [2.75, 3.05) is 19.6 Å². The van der Waals surface area contributed by atoms with Gasteiger partial charge >= 0.3 is 0 Å². The van der Waals surface area contributed by atoms with Crippen LogP contribution in [0.15, 0.2) is 0 Å². The predicted octanol–water partition coefficient (Wildman–Crippen LogP) is 1.63. The van der Waals surface area contributed by atoms with E-state index in [0.29, 0.717) is 23.8 Å². The smallest absolute Gasteiger partial charge is 0.225 e. The minimum atomic E-state index is 0.387. The van der Waals surface area contributed by atoms with E-state index in [1.54, 1.807) is 0 Å². The number of rotatable bonds is 4. The van der Waals surface area contributed by atoms with Gasteiger partial charge in [-0.05, 0) is 50.5 Å². The molecule has 1 heterocycles. The lowest BCUT2D eigenvalue weighted by Gasteiger charge is -2.37. The molecule has 3 rings (SSSR count). The molecule has 1 N–H and O–H groups in total. The van der Waals surface area contributed by atoms with Crippen molar-refractivity contribution in [1.82, 2.24) is 10.2 Å². The van der Waals surface area contributed by atoms with Gasteiger partial charge in [-0.15, -0.1) is 0 Å². The summed E-state index contributed by atoms with van der Waals surface area (Å²) < 4.78 is 0. The molecular formula is C14H24N2O. The van der Waals surface area contributed by atoms with Crippen LogP contribution < -0.4 is 5.32 Å². The van der Waals surface area contributed by atoms with Gasteiger partial charge in [-0.3, -0.25) is 4.79 Å². The van der Waals surface area contributed by atoms with Crippen molar-refractivity contribution < 1.29 is 4.79 Å². The molecule has 3 aliphatic rings. The van der Waals surface area contributed by atoms with E-state index in [1.165, 1.54) is 19.4 Å². The molecule has 3 fully saturated rings. The quantitative estimate of drug-likeness (QED) is 0.804. The molecule has 1 amide bonds. The van der Waals surface area contributed by atoms with Crippen LogP contribution in [0.25, 0.3) is 0 Å². The lowest BCUT2D eigenvalue weighted by Crippen LogP contribution is -2.50. The zero-order valence-corrected chi connectivity index (χ0v) is 10.8. The number of nitrogens with zero attached hydrogens (tertiary/aromatic N) is 1. The van der Waals surface area contributed by atoms with Crippen LogP contribution in [0.5, 0.6) is 0 Å². The molecule has 1 aliphatic heterocycles. The fourth-order valence-electron chi connectivity index (χ4n) is 2.88. The van der Waals surface area contributed by atoms with Crippen LogP contribution in [-0.4, -0.2) is 36.5 Å². The Morgan fingerprint density at radius 3 is 2.59 bits per heavy atom. The third-order valence-electron chi connectivity index (χ3n) is 4.51. The molecule has 1 saturated heterocycles. The average molecular weight is 236 g/mol. The number of carbonyl (C=O) groups excluding carboxylic acids is 1. The van der Waals surface area contributed by atoms with Gasteiger partial charge in [0.05, 0.1) is 0 Å². The number of hydrogen-bond acceptors (Lipinski definition) is 2. The Morgan fingerprint density at radius 2 is 2.00 bits per heavy atom. The molecule has 0 aromatic carbocycles. The van der Waals surface area contributed by atoms with Crippen LogP contribution >= 0.6 is 0 Å². The van der Waals surface area contributed by atoms with E-state index in [2.05, 4.69) is 17.1 Å². The molecule has 17 heavy (non-hydrogen) atoms. The first-order valence-electron chi connectivity index (χ1n) is 7.26. The minimum absolute atomic E-state index is 0.387. The largest absolute Gasteiger partial charge is 0.342 e. The summed E-state index contributed by atoms with van der Waals surface area (Å²) in [6.45, 7) is 5.43. The maximum Gasteiger partial charge on any atom is 0.225 e. The van der Waals surface area contributed by atoms with Gasteiger partial charge in [0.25, 0.3) is 0 Å². The number of likely N-dealkylation sites (tertiary alicyclic amines) is 1. The summed E-state index contributed by atoms with van der Waals surface area (Å²) in [6, 6.07) is 0.638. The van der Waals surface area contributed by atoms with Crippen LogP contribution in [0.4, 0.5) is 0 Å². The zero-order chi connectivity index (χ0) is 11.8. The molecular weight excluding hydrogens is 212 g/mol. The van der Waals surface area contributed by atoms with E-state index in [4.69, 9.17) is 0 Å². The van der Waals surface area contributed by atoms with Crippen LogP contribution in [0.1, 0.15) is 39.0 Å². The Balaban J connectivity index is 1.46. The molecule has 3 nitrogen and oxygen atoms in total. The fourth-order valence-corrected chi connectivity index (χ4v) is 2.88. The highest BCUT2D eigenvalue weighted by molar-refractivity contribution is 5.81.